The highest BCUT2D eigenvalue weighted by Gasteiger charge is 2.22. The Labute approximate surface area is 113 Å². The number of anilines is 1. The first-order chi connectivity index (χ1) is 8.19. The van der Waals surface area contributed by atoms with E-state index in [0.717, 1.165) is 29.8 Å². The van der Waals surface area contributed by atoms with Crippen LogP contribution in [0.4, 0.5) is 5.69 Å². The van der Waals surface area contributed by atoms with E-state index < -0.39 is 0 Å². The van der Waals surface area contributed by atoms with Crippen LogP contribution in [0.3, 0.4) is 0 Å². The van der Waals surface area contributed by atoms with Crippen LogP contribution in [0.5, 0.6) is 5.75 Å². The number of fused-ring (bicyclic) bond motifs is 1. The number of ether oxygens (including phenoxy) is 2. The zero-order valence-corrected chi connectivity index (χ0v) is 11.1. The predicted molar refractivity (Wildman–Crippen MR) is 64.8 cm³/mol. The topological polar surface area (TPSA) is 61.5 Å². The number of rotatable bonds is 3. The number of carbonyl (C=O) groups is 1. The molecule has 1 aromatic rings. The normalized spacial score (nSPS) is 17.1. The van der Waals surface area contributed by atoms with Crippen LogP contribution in [0.15, 0.2) is 18.2 Å². The Bertz CT molecular complexity index is 423. The van der Waals surface area contributed by atoms with E-state index >= 15 is 0 Å². The van der Waals surface area contributed by atoms with Gasteiger partial charge in [-0.2, -0.15) is 0 Å². The molecule has 0 aliphatic carbocycles. The van der Waals surface area contributed by atoms with Crippen molar-refractivity contribution in [1.29, 1.82) is 0 Å². The number of esters is 1. The molecule has 1 aromatic carbocycles. The quantitative estimate of drug-likeness (QED) is 0.561. The lowest BCUT2D eigenvalue weighted by atomic mass is 10.00. The molecular formula is C13H17ClNO3-. The Kier molecular flexibility index (Phi) is 5.28. The number of benzene rings is 1. The average molecular weight is 271 g/mol. The summed E-state index contributed by atoms with van der Waals surface area (Å²) in [6, 6.07) is 5.60. The van der Waals surface area contributed by atoms with Gasteiger partial charge in [0, 0.05) is 5.69 Å². The van der Waals surface area contributed by atoms with Crippen LogP contribution in [-0.2, 0) is 16.0 Å². The van der Waals surface area contributed by atoms with E-state index in [9.17, 15) is 4.79 Å². The molecule has 5 heteroatoms. The van der Waals surface area contributed by atoms with Gasteiger partial charge in [0.2, 0.25) is 0 Å². The van der Waals surface area contributed by atoms with Crippen molar-refractivity contribution >= 4 is 11.7 Å². The van der Waals surface area contributed by atoms with Crippen molar-refractivity contribution in [2.75, 3.05) is 12.3 Å². The number of aryl methyl sites for hydroxylation is 1. The minimum Gasteiger partial charge on any atom is -1.00 e. The van der Waals surface area contributed by atoms with Crippen LogP contribution < -0.4 is 22.9 Å². The van der Waals surface area contributed by atoms with Gasteiger partial charge in [-0.15, -0.1) is 0 Å². The number of nitrogens with two attached hydrogens (primary N) is 1. The summed E-state index contributed by atoms with van der Waals surface area (Å²) in [4.78, 5) is 11.4. The predicted octanol–water partition coefficient (Wildman–Crippen LogP) is -1.08. The molecule has 0 bridgehead atoms. The maximum Gasteiger partial charge on any atom is 0.309 e. The van der Waals surface area contributed by atoms with Gasteiger partial charge in [0.1, 0.15) is 11.9 Å². The Morgan fingerprint density at radius 3 is 3.06 bits per heavy atom. The molecule has 0 radical (unpaired) electrons. The third kappa shape index (κ3) is 3.53. The Hall–Kier alpha value is -1.42. The fourth-order valence-corrected chi connectivity index (χ4v) is 2.01. The summed E-state index contributed by atoms with van der Waals surface area (Å²) in [5, 5.41) is 0. The molecule has 0 unspecified atom stereocenters. The zero-order valence-electron chi connectivity index (χ0n) is 10.3. The fourth-order valence-electron chi connectivity index (χ4n) is 2.01. The third-order valence-corrected chi connectivity index (χ3v) is 2.81. The van der Waals surface area contributed by atoms with Crippen molar-refractivity contribution < 1.29 is 26.7 Å². The molecule has 1 aliphatic heterocycles. The second-order valence-electron chi connectivity index (χ2n) is 4.15. The van der Waals surface area contributed by atoms with Gasteiger partial charge in [0.25, 0.3) is 0 Å². The van der Waals surface area contributed by atoms with Crippen molar-refractivity contribution in [3.05, 3.63) is 23.8 Å². The summed E-state index contributed by atoms with van der Waals surface area (Å²) >= 11 is 0. The lowest BCUT2D eigenvalue weighted by Gasteiger charge is -2.25. The van der Waals surface area contributed by atoms with E-state index in [1.165, 1.54) is 0 Å². The van der Waals surface area contributed by atoms with Gasteiger partial charge in [-0.3, -0.25) is 4.79 Å². The number of nitrogen functional groups attached to an aromatic ring is 1. The summed E-state index contributed by atoms with van der Waals surface area (Å²) in [5.41, 5.74) is 7.57. The Morgan fingerprint density at radius 2 is 2.33 bits per heavy atom. The fraction of sp³-hybridized carbons (Fsp3) is 0.462. The first-order valence-electron chi connectivity index (χ1n) is 5.89. The van der Waals surface area contributed by atoms with E-state index in [0.29, 0.717) is 13.0 Å². The largest absolute Gasteiger partial charge is 1.00 e. The number of hydrogen-bond donors (Lipinski definition) is 1. The molecule has 0 amide bonds. The lowest BCUT2D eigenvalue weighted by molar-refractivity contribution is -0.145. The Morgan fingerprint density at radius 1 is 1.56 bits per heavy atom. The molecule has 0 aromatic heterocycles. The Balaban J connectivity index is 0.00000162. The van der Waals surface area contributed by atoms with E-state index in [2.05, 4.69) is 0 Å². The van der Waals surface area contributed by atoms with E-state index in [4.69, 9.17) is 15.2 Å². The summed E-state index contributed by atoms with van der Waals surface area (Å²) in [7, 11) is 0. The molecule has 0 saturated carbocycles. The molecule has 0 fully saturated rings. The summed E-state index contributed by atoms with van der Waals surface area (Å²) in [6.45, 7) is 2.22. The van der Waals surface area contributed by atoms with Gasteiger partial charge in [0.05, 0.1) is 13.0 Å². The summed E-state index contributed by atoms with van der Waals surface area (Å²) in [5.74, 6) is 0.635. The van der Waals surface area contributed by atoms with Crippen LogP contribution >= 0.6 is 0 Å². The van der Waals surface area contributed by atoms with Gasteiger partial charge in [-0.1, -0.05) is 0 Å². The van der Waals surface area contributed by atoms with Gasteiger partial charge < -0.3 is 27.6 Å². The van der Waals surface area contributed by atoms with Crippen molar-refractivity contribution in [3.63, 3.8) is 0 Å². The van der Waals surface area contributed by atoms with Crippen LogP contribution in [0.1, 0.15) is 25.3 Å². The second-order valence-corrected chi connectivity index (χ2v) is 4.15. The van der Waals surface area contributed by atoms with Crippen molar-refractivity contribution in [2.24, 2.45) is 0 Å². The summed E-state index contributed by atoms with van der Waals surface area (Å²) < 4.78 is 10.7. The van der Waals surface area contributed by atoms with Crippen molar-refractivity contribution in [1.82, 2.24) is 0 Å². The molecule has 1 atom stereocenters. The molecule has 0 spiro atoms. The number of carbonyl (C=O) groups excluding carboxylic acids is 1. The highest BCUT2D eigenvalue weighted by Crippen LogP contribution is 2.30. The molecule has 100 valence electrons. The molecular weight excluding hydrogens is 254 g/mol. The molecule has 1 heterocycles. The smallest absolute Gasteiger partial charge is 0.309 e. The maximum absolute atomic E-state index is 11.4. The van der Waals surface area contributed by atoms with E-state index in [1.807, 2.05) is 18.2 Å². The van der Waals surface area contributed by atoms with Crippen LogP contribution in [0.25, 0.3) is 0 Å². The first-order valence-corrected chi connectivity index (χ1v) is 5.89. The molecule has 2 rings (SSSR count). The van der Waals surface area contributed by atoms with Crippen LogP contribution in [0.2, 0.25) is 0 Å². The maximum atomic E-state index is 11.4. The van der Waals surface area contributed by atoms with E-state index in [1.54, 1.807) is 6.92 Å². The minimum atomic E-state index is -0.198. The summed E-state index contributed by atoms with van der Waals surface area (Å²) in [6.07, 6.45) is 1.96. The number of hydrogen-bond acceptors (Lipinski definition) is 4. The van der Waals surface area contributed by atoms with Crippen LogP contribution in [0, 0.1) is 0 Å². The van der Waals surface area contributed by atoms with Gasteiger partial charge in [0.15, 0.2) is 0 Å². The van der Waals surface area contributed by atoms with Crippen molar-refractivity contribution in [3.8, 4) is 5.75 Å². The highest BCUT2D eigenvalue weighted by molar-refractivity contribution is 5.70. The molecule has 4 nitrogen and oxygen atoms in total. The van der Waals surface area contributed by atoms with Gasteiger partial charge in [-0.05, 0) is 43.5 Å². The van der Waals surface area contributed by atoms with Crippen LogP contribution in [-0.4, -0.2) is 18.7 Å². The van der Waals surface area contributed by atoms with E-state index in [-0.39, 0.29) is 24.5 Å². The monoisotopic (exact) mass is 270 g/mol. The third-order valence-electron chi connectivity index (χ3n) is 2.81. The first kappa shape index (κ1) is 14.6. The average Bonchev–Trinajstić information content (AvgIpc) is 2.29. The lowest BCUT2D eigenvalue weighted by Crippen LogP contribution is -3.00. The molecule has 18 heavy (non-hydrogen) atoms. The highest BCUT2D eigenvalue weighted by atomic mass is 35.5. The molecule has 1 aliphatic rings. The molecule has 0 saturated heterocycles. The van der Waals surface area contributed by atoms with Crippen molar-refractivity contribution in [2.45, 2.75) is 32.3 Å². The van der Waals surface area contributed by atoms with Gasteiger partial charge in [-0.25, -0.2) is 0 Å². The SMILES string of the molecule is CCOC(=O)C[C@H]1CCc2cc(N)ccc2O1.[Cl-]. The standard InChI is InChI=1S/C13H17NO3.ClH/c1-2-16-13(15)8-11-5-3-9-7-10(14)4-6-12(9)17-11;/h4,6-7,11H,2-3,5,8,14H2,1H3;1H/p-1/t11-;/m1./s1. The zero-order chi connectivity index (χ0) is 12.3. The number of halogens is 1. The minimum absolute atomic E-state index is 0. The second kappa shape index (κ2) is 6.50. The molecule has 2 N–H and O–H groups in total. The van der Waals surface area contributed by atoms with Gasteiger partial charge >= 0.3 is 5.97 Å².